The molecule has 18 heavy (non-hydrogen) atoms. The van der Waals surface area contributed by atoms with E-state index in [0.717, 1.165) is 5.76 Å². The molecule has 0 aliphatic rings. The van der Waals surface area contributed by atoms with Crippen molar-refractivity contribution in [2.45, 2.75) is 6.42 Å². The molecule has 6 heteroatoms. The van der Waals surface area contributed by atoms with Crippen LogP contribution in [0.3, 0.4) is 0 Å². The van der Waals surface area contributed by atoms with Crippen LogP contribution in [0.4, 0.5) is 11.5 Å². The lowest BCUT2D eigenvalue weighted by Crippen LogP contribution is -2.11. The van der Waals surface area contributed by atoms with Gasteiger partial charge in [-0.25, -0.2) is 9.78 Å². The summed E-state index contributed by atoms with van der Waals surface area (Å²) in [6.45, 7) is 0.532. The average Bonchev–Trinajstić information content (AvgIpc) is 2.84. The van der Waals surface area contributed by atoms with Crippen molar-refractivity contribution in [2.75, 3.05) is 17.6 Å². The lowest BCUT2D eigenvalue weighted by atomic mass is 10.2. The van der Waals surface area contributed by atoms with Crippen LogP contribution in [0.1, 0.15) is 16.1 Å². The molecule has 0 saturated heterocycles. The zero-order valence-corrected chi connectivity index (χ0v) is 9.59. The molecular weight excluding hydrogens is 234 g/mol. The number of pyridine rings is 1. The Bertz CT molecular complexity index is 538. The topological polar surface area (TPSA) is 101 Å². The Morgan fingerprint density at radius 2 is 2.39 bits per heavy atom. The summed E-state index contributed by atoms with van der Waals surface area (Å²) in [4.78, 5) is 15.0. The summed E-state index contributed by atoms with van der Waals surface area (Å²) in [5, 5.41) is 12.0. The van der Waals surface area contributed by atoms with Gasteiger partial charge in [0.05, 0.1) is 18.1 Å². The van der Waals surface area contributed by atoms with Gasteiger partial charge in [-0.15, -0.1) is 0 Å². The molecule has 0 radical (unpaired) electrons. The number of nitrogens with zero attached hydrogens (tertiary/aromatic N) is 1. The fourth-order valence-electron chi connectivity index (χ4n) is 1.54. The van der Waals surface area contributed by atoms with Crippen molar-refractivity contribution in [1.82, 2.24) is 4.98 Å². The van der Waals surface area contributed by atoms with Gasteiger partial charge in [-0.3, -0.25) is 0 Å². The van der Waals surface area contributed by atoms with E-state index in [1.54, 1.807) is 12.3 Å². The monoisotopic (exact) mass is 247 g/mol. The Kier molecular flexibility index (Phi) is 3.47. The number of nitrogen functional groups attached to an aromatic ring is 1. The Labute approximate surface area is 103 Å². The second-order valence-corrected chi connectivity index (χ2v) is 3.73. The SMILES string of the molecule is Nc1cnc(NCCc2ccco2)c(C(=O)O)c1. The van der Waals surface area contributed by atoms with Crippen LogP contribution in [0.5, 0.6) is 0 Å². The van der Waals surface area contributed by atoms with Gasteiger partial charge in [0.15, 0.2) is 0 Å². The molecule has 0 saturated carbocycles. The molecule has 2 rings (SSSR count). The maximum Gasteiger partial charge on any atom is 0.339 e. The van der Waals surface area contributed by atoms with Gasteiger partial charge in [0.1, 0.15) is 17.1 Å². The van der Waals surface area contributed by atoms with Gasteiger partial charge in [0.25, 0.3) is 0 Å². The molecule has 0 aliphatic heterocycles. The van der Waals surface area contributed by atoms with Crippen LogP contribution < -0.4 is 11.1 Å². The van der Waals surface area contributed by atoms with E-state index < -0.39 is 5.97 Å². The van der Waals surface area contributed by atoms with Crippen molar-refractivity contribution < 1.29 is 14.3 Å². The number of aromatic nitrogens is 1. The van der Waals surface area contributed by atoms with Crippen molar-refractivity contribution in [1.29, 1.82) is 0 Å². The summed E-state index contributed by atoms with van der Waals surface area (Å²) in [5.74, 6) is 0.0772. The number of hydrogen-bond acceptors (Lipinski definition) is 5. The normalized spacial score (nSPS) is 10.2. The van der Waals surface area contributed by atoms with Crippen LogP contribution in [0.25, 0.3) is 0 Å². The van der Waals surface area contributed by atoms with E-state index in [9.17, 15) is 4.79 Å². The number of anilines is 2. The van der Waals surface area contributed by atoms with E-state index in [1.165, 1.54) is 12.3 Å². The van der Waals surface area contributed by atoms with E-state index in [-0.39, 0.29) is 5.56 Å². The summed E-state index contributed by atoms with van der Waals surface area (Å²) in [6, 6.07) is 5.04. The Morgan fingerprint density at radius 3 is 3.06 bits per heavy atom. The molecule has 0 aliphatic carbocycles. The third-order valence-electron chi connectivity index (χ3n) is 2.38. The summed E-state index contributed by atoms with van der Waals surface area (Å²) < 4.78 is 5.17. The molecule has 0 atom stereocenters. The number of carbonyl (C=O) groups is 1. The van der Waals surface area contributed by atoms with Crippen LogP contribution in [0.15, 0.2) is 35.1 Å². The summed E-state index contributed by atoms with van der Waals surface area (Å²) in [5.41, 5.74) is 5.89. The minimum atomic E-state index is -1.06. The largest absolute Gasteiger partial charge is 0.478 e. The van der Waals surface area contributed by atoms with Crippen molar-refractivity contribution in [3.63, 3.8) is 0 Å². The van der Waals surface area contributed by atoms with Crippen molar-refractivity contribution in [3.8, 4) is 0 Å². The molecule has 0 fully saturated rings. The van der Waals surface area contributed by atoms with Gasteiger partial charge >= 0.3 is 5.97 Å². The lowest BCUT2D eigenvalue weighted by Gasteiger charge is -2.08. The standard InChI is InChI=1S/C12H13N3O3/c13-8-6-10(12(16)17)11(15-7-8)14-4-3-9-2-1-5-18-9/h1-2,5-7H,3-4,13H2,(H,14,15)(H,16,17). The Hall–Kier alpha value is -2.50. The highest BCUT2D eigenvalue weighted by Crippen LogP contribution is 2.15. The first kappa shape index (κ1) is 12.0. The summed E-state index contributed by atoms with van der Waals surface area (Å²) >= 11 is 0. The van der Waals surface area contributed by atoms with Gasteiger partial charge in [-0.2, -0.15) is 0 Å². The van der Waals surface area contributed by atoms with Gasteiger partial charge in [0.2, 0.25) is 0 Å². The number of hydrogen-bond donors (Lipinski definition) is 3. The minimum Gasteiger partial charge on any atom is -0.478 e. The molecule has 2 heterocycles. The van der Waals surface area contributed by atoms with Crippen molar-refractivity contribution in [3.05, 3.63) is 42.0 Å². The summed E-state index contributed by atoms with van der Waals surface area (Å²) in [6.07, 6.45) is 3.67. The predicted octanol–water partition coefficient (Wildman–Crippen LogP) is 1.61. The molecule has 2 aromatic rings. The molecule has 2 aromatic heterocycles. The maximum absolute atomic E-state index is 11.0. The molecule has 0 aromatic carbocycles. The highest BCUT2D eigenvalue weighted by molar-refractivity contribution is 5.94. The highest BCUT2D eigenvalue weighted by atomic mass is 16.4. The molecule has 0 unspecified atom stereocenters. The van der Waals surface area contributed by atoms with Crippen LogP contribution in [0.2, 0.25) is 0 Å². The van der Waals surface area contributed by atoms with E-state index in [0.29, 0.717) is 24.5 Å². The number of nitrogens with two attached hydrogens (primary N) is 1. The first-order valence-electron chi connectivity index (χ1n) is 5.42. The highest BCUT2D eigenvalue weighted by Gasteiger charge is 2.11. The molecule has 94 valence electrons. The van der Waals surface area contributed by atoms with Gasteiger partial charge in [0, 0.05) is 13.0 Å². The zero-order chi connectivity index (χ0) is 13.0. The molecule has 4 N–H and O–H groups in total. The number of carboxylic acids is 1. The Balaban J connectivity index is 2.02. The first-order valence-corrected chi connectivity index (χ1v) is 5.42. The summed E-state index contributed by atoms with van der Waals surface area (Å²) in [7, 11) is 0. The van der Waals surface area contributed by atoms with Crippen LogP contribution >= 0.6 is 0 Å². The van der Waals surface area contributed by atoms with Crippen molar-refractivity contribution in [2.24, 2.45) is 0 Å². The molecule has 6 nitrogen and oxygen atoms in total. The van der Waals surface area contributed by atoms with E-state index >= 15 is 0 Å². The van der Waals surface area contributed by atoms with Gasteiger partial charge in [-0.1, -0.05) is 0 Å². The molecule has 0 amide bonds. The third kappa shape index (κ3) is 2.79. The van der Waals surface area contributed by atoms with E-state index in [4.69, 9.17) is 15.3 Å². The fraction of sp³-hybridized carbons (Fsp3) is 0.167. The van der Waals surface area contributed by atoms with Gasteiger partial charge < -0.3 is 20.6 Å². The van der Waals surface area contributed by atoms with Crippen molar-refractivity contribution >= 4 is 17.5 Å². The molecule has 0 bridgehead atoms. The second kappa shape index (κ2) is 5.22. The minimum absolute atomic E-state index is 0.0643. The van der Waals surface area contributed by atoms with Crippen LogP contribution in [0, 0.1) is 0 Å². The number of rotatable bonds is 5. The lowest BCUT2D eigenvalue weighted by molar-refractivity contribution is 0.0697. The number of aromatic carboxylic acids is 1. The Morgan fingerprint density at radius 1 is 1.56 bits per heavy atom. The zero-order valence-electron chi connectivity index (χ0n) is 9.59. The average molecular weight is 247 g/mol. The first-order chi connectivity index (χ1) is 8.66. The molecular formula is C12H13N3O3. The van der Waals surface area contributed by atoms with E-state index in [1.807, 2.05) is 6.07 Å². The number of nitrogens with one attached hydrogen (secondary N) is 1. The quantitative estimate of drug-likeness (QED) is 0.742. The number of carboxylic acid groups (broad SMARTS) is 1. The second-order valence-electron chi connectivity index (χ2n) is 3.73. The van der Waals surface area contributed by atoms with Gasteiger partial charge in [-0.05, 0) is 18.2 Å². The molecule has 0 spiro atoms. The fourth-order valence-corrected chi connectivity index (χ4v) is 1.54. The smallest absolute Gasteiger partial charge is 0.339 e. The predicted molar refractivity (Wildman–Crippen MR) is 66.5 cm³/mol. The van der Waals surface area contributed by atoms with Crippen LogP contribution in [-0.2, 0) is 6.42 Å². The van der Waals surface area contributed by atoms with E-state index in [2.05, 4.69) is 10.3 Å². The number of furan rings is 1. The maximum atomic E-state index is 11.0. The van der Waals surface area contributed by atoms with Crippen LogP contribution in [-0.4, -0.2) is 22.6 Å². The third-order valence-corrected chi connectivity index (χ3v) is 2.38.